The summed E-state index contributed by atoms with van der Waals surface area (Å²) in [6, 6.07) is 0. The van der Waals surface area contributed by atoms with Crippen LogP contribution in [0.5, 0.6) is 0 Å². The first-order chi connectivity index (χ1) is 16.4. The summed E-state index contributed by atoms with van der Waals surface area (Å²) in [6.45, 7) is 2.75. The van der Waals surface area contributed by atoms with Gasteiger partial charge in [0.1, 0.15) is 43.2 Å². The molecule has 3 unspecified atom stereocenters. The average Bonchev–Trinajstić information content (AvgIpc) is 2.81. The second kappa shape index (κ2) is 15.9. The Hall–Kier alpha value is -1.15. The zero-order valence-corrected chi connectivity index (χ0v) is 21.0. The molecule has 1 fully saturated rings. The van der Waals surface area contributed by atoms with Gasteiger partial charge in [0.2, 0.25) is 0 Å². The lowest BCUT2D eigenvalue weighted by Gasteiger charge is -2.41. The maximum absolute atomic E-state index is 12.4. The molecule has 0 aromatic rings. The van der Waals surface area contributed by atoms with Crippen molar-refractivity contribution >= 4 is 19.8 Å². The molecule has 13 nitrogen and oxygen atoms in total. The number of hydrogen-bond acceptors (Lipinski definition) is 12. The summed E-state index contributed by atoms with van der Waals surface area (Å²) in [7, 11) is -5.06. The summed E-state index contributed by atoms with van der Waals surface area (Å²) in [5.41, 5.74) is 0. The Morgan fingerprint density at radius 3 is 1.77 bits per heavy atom. The molecule has 0 aromatic carbocycles. The first-order valence-corrected chi connectivity index (χ1v) is 13.3. The molecule has 1 saturated carbocycles. The molecule has 1 aliphatic rings. The molecule has 0 spiro atoms. The van der Waals surface area contributed by atoms with Crippen molar-refractivity contribution < 1.29 is 63.1 Å². The fourth-order valence-electron chi connectivity index (χ4n) is 3.34. The summed E-state index contributed by atoms with van der Waals surface area (Å²) in [5, 5.41) is 49.0. The lowest BCUT2D eigenvalue weighted by molar-refractivity contribution is -0.220. The second-order valence-electron chi connectivity index (χ2n) is 8.50. The molecule has 14 heteroatoms. The third-order valence-corrected chi connectivity index (χ3v) is 6.43. The number of esters is 2. The molecule has 0 aromatic heterocycles. The Morgan fingerprint density at radius 1 is 0.771 bits per heavy atom. The molecule has 0 aliphatic heterocycles. The summed E-state index contributed by atoms with van der Waals surface area (Å²) in [6.07, 6.45) is -8.31. The van der Waals surface area contributed by atoms with Crippen LogP contribution in [0.25, 0.3) is 0 Å². The highest BCUT2D eigenvalue weighted by atomic mass is 31.2. The van der Waals surface area contributed by atoms with Crippen molar-refractivity contribution in [2.45, 2.75) is 108 Å². The Kier molecular flexibility index (Phi) is 14.4. The van der Waals surface area contributed by atoms with Crippen LogP contribution in [0.1, 0.15) is 65.2 Å². The molecule has 8 atom stereocenters. The highest BCUT2D eigenvalue weighted by molar-refractivity contribution is 7.47. The van der Waals surface area contributed by atoms with Crippen LogP contribution < -0.4 is 0 Å². The molecule has 0 bridgehead atoms. The maximum Gasteiger partial charge on any atom is 0.472 e. The monoisotopic (exact) mass is 530 g/mol. The molecular formula is C21H39O13P. The molecule has 0 amide bonds. The molecule has 1 rings (SSSR count). The summed E-state index contributed by atoms with van der Waals surface area (Å²) >= 11 is 0. The normalized spacial score (nSPS) is 29.3. The molecule has 206 valence electrons. The van der Waals surface area contributed by atoms with Gasteiger partial charge in [-0.25, -0.2) is 4.57 Å². The van der Waals surface area contributed by atoms with E-state index in [1.165, 1.54) is 0 Å². The molecule has 6 N–H and O–H groups in total. The number of carbonyl (C=O) groups is 2. The Bertz CT molecular complexity index is 674. The van der Waals surface area contributed by atoms with E-state index < -0.39 is 75.7 Å². The number of hydrogen-bond donors (Lipinski definition) is 6. The summed E-state index contributed by atoms with van der Waals surface area (Å²) in [5.74, 6) is -1.16. The van der Waals surface area contributed by atoms with Gasteiger partial charge >= 0.3 is 19.8 Å². The minimum Gasteiger partial charge on any atom is -0.462 e. The van der Waals surface area contributed by atoms with Crippen molar-refractivity contribution in [3.8, 4) is 0 Å². The third-order valence-electron chi connectivity index (χ3n) is 5.45. The fourth-order valence-corrected chi connectivity index (χ4v) is 4.31. The van der Waals surface area contributed by atoms with Gasteiger partial charge in [-0.05, 0) is 12.8 Å². The number of carbonyl (C=O) groups excluding carboxylic acids is 2. The number of aliphatic hydroxyl groups excluding tert-OH is 5. The lowest BCUT2D eigenvalue weighted by atomic mass is 9.85. The van der Waals surface area contributed by atoms with Crippen LogP contribution in [0.15, 0.2) is 0 Å². The van der Waals surface area contributed by atoms with E-state index in [-0.39, 0.29) is 12.8 Å². The first-order valence-electron chi connectivity index (χ1n) is 11.8. The van der Waals surface area contributed by atoms with Gasteiger partial charge in [-0.2, -0.15) is 0 Å². The van der Waals surface area contributed by atoms with Crippen LogP contribution in [0.4, 0.5) is 0 Å². The second-order valence-corrected chi connectivity index (χ2v) is 9.90. The molecule has 0 saturated heterocycles. The molecular weight excluding hydrogens is 491 g/mol. The summed E-state index contributed by atoms with van der Waals surface area (Å²) < 4.78 is 32.2. The zero-order chi connectivity index (χ0) is 26.6. The van der Waals surface area contributed by atoms with E-state index >= 15 is 0 Å². The van der Waals surface area contributed by atoms with Crippen LogP contribution in [0, 0.1) is 0 Å². The van der Waals surface area contributed by atoms with Crippen molar-refractivity contribution in [3.05, 3.63) is 0 Å². The van der Waals surface area contributed by atoms with Crippen molar-refractivity contribution in [1.29, 1.82) is 0 Å². The van der Waals surface area contributed by atoms with E-state index in [0.717, 1.165) is 25.7 Å². The molecule has 1 aliphatic carbocycles. The maximum atomic E-state index is 12.4. The smallest absolute Gasteiger partial charge is 0.462 e. The van der Waals surface area contributed by atoms with Gasteiger partial charge < -0.3 is 39.9 Å². The first kappa shape index (κ1) is 31.9. The largest absolute Gasteiger partial charge is 0.472 e. The van der Waals surface area contributed by atoms with Gasteiger partial charge in [0.15, 0.2) is 6.10 Å². The quantitative estimate of drug-likeness (QED) is 0.0877. The zero-order valence-electron chi connectivity index (χ0n) is 20.1. The van der Waals surface area contributed by atoms with Crippen molar-refractivity contribution in [2.75, 3.05) is 13.2 Å². The number of rotatable bonds is 16. The fraction of sp³-hybridized carbons (Fsp3) is 0.905. The van der Waals surface area contributed by atoms with Crippen LogP contribution in [-0.2, 0) is 32.7 Å². The van der Waals surface area contributed by atoms with Gasteiger partial charge in [-0.15, -0.1) is 0 Å². The van der Waals surface area contributed by atoms with Gasteiger partial charge in [-0.3, -0.25) is 18.6 Å². The standard InChI is InChI=1S/C21H39O13P/c1-3-5-7-9-14(22)31-11-13(33-15(23)10-8-6-4-2)12-32-35(29,30)34-21-19(27)17(25)16(24)18(26)20(21)28/h13,16-21,24-28H,3-12H2,1-2H3,(H,29,30)/t13-,16?,17-,18+,19+,20-,21?/m0/s1. The number of aliphatic hydroxyl groups is 5. The van der Waals surface area contributed by atoms with E-state index in [1.807, 2.05) is 13.8 Å². The highest BCUT2D eigenvalue weighted by Crippen LogP contribution is 2.47. The van der Waals surface area contributed by atoms with Crippen LogP contribution >= 0.6 is 7.82 Å². The number of phosphoric acid groups is 1. The Morgan fingerprint density at radius 2 is 1.26 bits per heavy atom. The molecule has 0 heterocycles. The average molecular weight is 531 g/mol. The third kappa shape index (κ3) is 11.2. The van der Waals surface area contributed by atoms with Crippen LogP contribution in [-0.4, -0.2) is 98.3 Å². The topological polar surface area (TPSA) is 210 Å². The minimum atomic E-state index is -5.06. The van der Waals surface area contributed by atoms with Crippen molar-refractivity contribution in [2.24, 2.45) is 0 Å². The van der Waals surface area contributed by atoms with Gasteiger partial charge in [0.05, 0.1) is 6.61 Å². The minimum absolute atomic E-state index is 0.0840. The molecule has 0 radical (unpaired) electrons. The Labute approximate surface area is 204 Å². The van der Waals surface area contributed by atoms with Crippen LogP contribution in [0.3, 0.4) is 0 Å². The van der Waals surface area contributed by atoms with Gasteiger partial charge in [-0.1, -0.05) is 39.5 Å². The number of phosphoric ester groups is 1. The highest BCUT2D eigenvalue weighted by Gasteiger charge is 2.51. The van der Waals surface area contributed by atoms with Crippen molar-refractivity contribution in [1.82, 2.24) is 0 Å². The Balaban J connectivity index is 2.74. The van der Waals surface area contributed by atoms with E-state index in [0.29, 0.717) is 12.8 Å². The van der Waals surface area contributed by atoms with E-state index in [9.17, 15) is 44.6 Å². The summed E-state index contributed by atoms with van der Waals surface area (Å²) in [4.78, 5) is 34.0. The van der Waals surface area contributed by atoms with Gasteiger partial charge in [0.25, 0.3) is 0 Å². The number of unbranched alkanes of at least 4 members (excludes halogenated alkanes) is 4. The molecule has 35 heavy (non-hydrogen) atoms. The predicted octanol–water partition coefficient (Wildman–Crippen LogP) is -0.0777. The number of ether oxygens (including phenoxy) is 2. The lowest BCUT2D eigenvalue weighted by Crippen LogP contribution is -2.64. The van der Waals surface area contributed by atoms with Gasteiger partial charge in [0, 0.05) is 12.8 Å². The van der Waals surface area contributed by atoms with E-state index in [4.69, 9.17) is 18.5 Å². The van der Waals surface area contributed by atoms with Crippen molar-refractivity contribution in [3.63, 3.8) is 0 Å². The predicted molar refractivity (Wildman–Crippen MR) is 120 cm³/mol. The van der Waals surface area contributed by atoms with E-state index in [2.05, 4.69) is 0 Å². The van der Waals surface area contributed by atoms with E-state index in [1.54, 1.807) is 0 Å². The van der Waals surface area contributed by atoms with Crippen LogP contribution in [0.2, 0.25) is 0 Å². The SMILES string of the molecule is CCCCCC(=O)OC[C@@H](COP(=O)(O)OC1[C@@H](O)[C@H](O)C(O)[C@H](O)[C@H]1O)OC(=O)CCCCC.